The van der Waals surface area contributed by atoms with Crippen LogP contribution in [0.25, 0.3) is 11.1 Å². The number of pyridine rings is 1. The molecule has 0 radical (unpaired) electrons. The quantitative estimate of drug-likeness (QED) is 0.401. The molecule has 1 heterocycles. The van der Waals surface area contributed by atoms with Gasteiger partial charge in [0.2, 0.25) is 0 Å². The lowest BCUT2D eigenvalue weighted by atomic mass is 9.95. The lowest BCUT2D eigenvalue weighted by molar-refractivity contribution is -0.139. The average Bonchev–Trinajstić information content (AvgIpc) is 2.82. The highest BCUT2D eigenvalue weighted by Crippen LogP contribution is 2.29. The number of carbonyl (C=O) groups excluding carboxylic acids is 2. The number of nitrogens with one attached hydrogen (secondary N) is 2. The second-order valence-corrected chi connectivity index (χ2v) is 8.95. The largest absolute Gasteiger partial charge is 0.482 e. The number of carboxylic acid groups (broad SMARTS) is 1. The van der Waals surface area contributed by atoms with Crippen LogP contribution in [-0.4, -0.2) is 46.8 Å². The van der Waals surface area contributed by atoms with Crippen LogP contribution >= 0.6 is 0 Å². The van der Waals surface area contributed by atoms with Gasteiger partial charge in [-0.1, -0.05) is 18.2 Å². The second-order valence-electron chi connectivity index (χ2n) is 8.95. The van der Waals surface area contributed by atoms with E-state index in [4.69, 9.17) is 14.6 Å². The third-order valence-corrected chi connectivity index (χ3v) is 4.88. The number of carbonyl (C=O) groups is 3. The molecule has 3 rings (SSSR count). The second kappa shape index (κ2) is 11.8. The maximum Gasteiger partial charge on any atom is 0.407 e. The number of hydrogen-bond donors (Lipinski definition) is 3. The van der Waals surface area contributed by atoms with Crippen molar-refractivity contribution < 1.29 is 29.0 Å². The third kappa shape index (κ3) is 8.12. The molecule has 0 fully saturated rings. The molecule has 3 aromatic rings. The summed E-state index contributed by atoms with van der Waals surface area (Å²) < 4.78 is 10.6. The summed E-state index contributed by atoms with van der Waals surface area (Å²) in [5.74, 6) is -0.984. The molecule has 0 aliphatic heterocycles. The molecular weight excluding hydrogens is 462 g/mol. The van der Waals surface area contributed by atoms with Gasteiger partial charge in [-0.25, -0.2) is 9.59 Å². The van der Waals surface area contributed by atoms with Crippen LogP contribution in [0, 0.1) is 0 Å². The Morgan fingerprint density at radius 3 is 2.44 bits per heavy atom. The fourth-order valence-electron chi connectivity index (χ4n) is 3.35. The summed E-state index contributed by atoms with van der Waals surface area (Å²) in [6, 6.07) is 15.7. The Morgan fingerprint density at radius 2 is 1.75 bits per heavy atom. The van der Waals surface area contributed by atoms with E-state index >= 15 is 0 Å². The average molecular weight is 492 g/mol. The van der Waals surface area contributed by atoms with Crippen molar-refractivity contribution in [3.8, 4) is 16.9 Å². The Hall–Kier alpha value is -4.40. The van der Waals surface area contributed by atoms with Crippen molar-refractivity contribution in [2.75, 3.05) is 18.5 Å². The number of rotatable bonds is 9. The predicted molar refractivity (Wildman–Crippen MR) is 135 cm³/mol. The molecule has 0 unspecified atom stereocenters. The van der Waals surface area contributed by atoms with E-state index in [9.17, 15) is 14.4 Å². The molecule has 0 saturated carbocycles. The van der Waals surface area contributed by atoms with Crippen molar-refractivity contribution in [3.63, 3.8) is 0 Å². The number of anilines is 1. The predicted octanol–water partition coefficient (Wildman–Crippen LogP) is 4.53. The maximum absolute atomic E-state index is 12.9. The molecule has 0 aliphatic carbocycles. The van der Waals surface area contributed by atoms with Gasteiger partial charge in [0.25, 0.3) is 5.91 Å². The van der Waals surface area contributed by atoms with Gasteiger partial charge >= 0.3 is 12.1 Å². The zero-order valence-corrected chi connectivity index (χ0v) is 20.4. The van der Waals surface area contributed by atoms with Gasteiger partial charge in [0.05, 0.1) is 0 Å². The van der Waals surface area contributed by atoms with Gasteiger partial charge in [-0.3, -0.25) is 9.78 Å². The van der Waals surface area contributed by atoms with Crippen LogP contribution in [0.1, 0.15) is 36.7 Å². The third-order valence-electron chi connectivity index (χ3n) is 4.88. The summed E-state index contributed by atoms with van der Waals surface area (Å²) in [4.78, 5) is 39.8. The van der Waals surface area contributed by atoms with E-state index in [0.29, 0.717) is 30.0 Å². The number of nitrogens with zero attached hydrogens (tertiary/aromatic N) is 1. The molecule has 0 atom stereocenters. The zero-order valence-electron chi connectivity index (χ0n) is 20.4. The Labute approximate surface area is 209 Å². The topological polar surface area (TPSA) is 127 Å². The minimum atomic E-state index is -1.08. The molecule has 2 amide bonds. The summed E-state index contributed by atoms with van der Waals surface area (Å²) in [5.41, 5.74) is 2.82. The van der Waals surface area contributed by atoms with Crippen LogP contribution < -0.4 is 15.4 Å². The number of aromatic nitrogens is 1. The molecule has 9 heteroatoms. The monoisotopic (exact) mass is 491 g/mol. The number of benzene rings is 2. The standard InChI is InChI=1S/C27H29N3O6/c1-27(2,3)36-26(34)29-14-9-18-7-8-20(25(33)30-21-10-12-28-13-11-21)16-23(18)19-5-4-6-22(15-19)35-17-24(31)32/h4-8,10-13,15-16H,9,14,17H2,1-3H3,(H,29,34)(H,31,32)(H,28,30,33). The highest BCUT2D eigenvalue weighted by atomic mass is 16.6. The van der Waals surface area contributed by atoms with Gasteiger partial charge in [0, 0.05) is 30.2 Å². The minimum absolute atomic E-state index is 0.292. The van der Waals surface area contributed by atoms with Crippen LogP contribution in [0.4, 0.5) is 10.5 Å². The number of amides is 2. The normalized spacial score (nSPS) is 10.9. The molecule has 9 nitrogen and oxygen atoms in total. The van der Waals surface area contributed by atoms with Gasteiger partial charge in [-0.2, -0.15) is 0 Å². The molecule has 1 aromatic heterocycles. The molecule has 3 N–H and O–H groups in total. The van der Waals surface area contributed by atoms with Crippen molar-refractivity contribution in [3.05, 3.63) is 78.1 Å². The molecule has 36 heavy (non-hydrogen) atoms. The summed E-state index contributed by atoms with van der Waals surface area (Å²) in [7, 11) is 0. The first kappa shape index (κ1) is 26.2. The van der Waals surface area contributed by atoms with Crippen LogP contribution in [0.2, 0.25) is 0 Å². The maximum atomic E-state index is 12.9. The lowest BCUT2D eigenvalue weighted by Gasteiger charge is -2.20. The van der Waals surface area contributed by atoms with Crippen LogP contribution in [0.5, 0.6) is 5.75 Å². The van der Waals surface area contributed by atoms with Crippen LogP contribution in [0.15, 0.2) is 67.0 Å². The number of hydrogen-bond acceptors (Lipinski definition) is 6. The Balaban J connectivity index is 1.86. The number of alkyl carbamates (subject to hydrolysis) is 1. The minimum Gasteiger partial charge on any atom is -0.482 e. The summed E-state index contributed by atoms with van der Waals surface area (Å²) in [6.45, 7) is 5.23. The van der Waals surface area contributed by atoms with E-state index in [1.54, 1.807) is 75.6 Å². The summed E-state index contributed by atoms with van der Waals surface area (Å²) >= 11 is 0. The van der Waals surface area contributed by atoms with E-state index in [0.717, 1.165) is 16.7 Å². The lowest BCUT2D eigenvalue weighted by Crippen LogP contribution is -2.33. The summed E-state index contributed by atoms with van der Waals surface area (Å²) in [6.07, 6.45) is 3.14. The highest BCUT2D eigenvalue weighted by molar-refractivity contribution is 6.05. The molecule has 0 saturated heterocycles. The van der Waals surface area contributed by atoms with Gasteiger partial charge in [-0.05, 0) is 80.3 Å². The SMILES string of the molecule is CC(C)(C)OC(=O)NCCc1ccc(C(=O)Nc2ccncc2)cc1-c1cccc(OCC(=O)O)c1. The summed E-state index contributed by atoms with van der Waals surface area (Å²) in [5, 5.41) is 14.5. The molecular formula is C27H29N3O6. The molecule has 2 aromatic carbocycles. The first-order valence-corrected chi connectivity index (χ1v) is 11.4. The van der Waals surface area contributed by atoms with Crippen molar-refractivity contribution in [1.82, 2.24) is 10.3 Å². The Kier molecular flexibility index (Phi) is 8.61. The molecule has 188 valence electrons. The first-order valence-electron chi connectivity index (χ1n) is 11.4. The van der Waals surface area contributed by atoms with Crippen LogP contribution in [-0.2, 0) is 16.0 Å². The fourth-order valence-corrected chi connectivity index (χ4v) is 3.35. The fraction of sp³-hybridized carbons (Fsp3) is 0.259. The van der Waals surface area contributed by atoms with Crippen molar-refractivity contribution >= 4 is 23.7 Å². The Morgan fingerprint density at radius 1 is 1.00 bits per heavy atom. The molecule has 0 spiro atoms. The number of ether oxygens (including phenoxy) is 2. The first-order chi connectivity index (χ1) is 17.1. The van der Waals surface area contributed by atoms with E-state index in [1.807, 2.05) is 12.1 Å². The van der Waals surface area contributed by atoms with Gasteiger partial charge in [0.15, 0.2) is 6.61 Å². The molecule has 0 bridgehead atoms. The molecule has 0 aliphatic rings. The van der Waals surface area contributed by atoms with Crippen LogP contribution in [0.3, 0.4) is 0 Å². The van der Waals surface area contributed by atoms with E-state index in [-0.39, 0.29) is 5.91 Å². The van der Waals surface area contributed by atoms with Crippen molar-refractivity contribution in [2.24, 2.45) is 0 Å². The smallest absolute Gasteiger partial charge is 0.407 e. The van der Waals surface area contributed by atoms with Crippen molar-refractivity contribution in [2.45, 2.75) is 32.8 Å². The van der Waals surface area contributed by atoms with E-state index < -0.39 is 24.3 Å². The van der Waals surface area contributed by atoms with Crippen molar-refractivity contribution in [1.29, 1.82) is 0 Å². The van der Waals surface area contributed by atoms with Gasteiger partial charge < -0.3 is 25.2 Å². The number of carboxylic acids is 1. The Bertz CT molecular complexity index is 1220. The van der Waals surface area contributed by atoms with Gasteiger partial charge in [-0.15, -0.1) is 0 Å². The van der Waals surface area contributed by atoms with E-state index in [1.165, 1.54) is 0 Å². The number of aliphatic carboxylic acids is 1. The zero-order chi connectivity index (χ0) is 26.1. The van der Waals surface area contributed by atoms with E-state index in [2.05, 4.69) is 15.6 Å². The highest BCUT2D eigenvalue weighted by Gasteiger charge is 2.17. The van der Waals surface area contributed by atoms with Gasteiger partial charge in [0.1, 0.15) is 11.4 Å².